The van der Waals surface area contributed by atoms with Gasteiger partial charge in [0.25, 0.3) is 0 Å². The van der Waals surface area contributed by atoms with Crippen LogP contribution in [0.1, 0.15) is 0 Å². The standard InChI is InChI=1S/C7H6N2O/c10-9-5-6-3-1-2-4-7(6)8-9/h1-5,10H. The zero-order chi connectivity index (χ0) is 6.97. The van der Waals surface area contributed by atoms with Crippen LogP contribution in [-0.4, -0.2) is 15.2 Å². The quantitative estimate of drug-likeness (QED) is 0.551. The van der Waals surface area contributed by atoms with Gasteiger partial charge < -0.3 is 5.21 Å². The molecule has 2 aromatic rings. The summed E-state index contributed by atoms with van der Waals surface area (Å²) in [4.78, 5) is 0.824. The number of hydrogen-bond acceptors (Lipinski definition) is 2. The highest BCUT2D eigenvalue weighted by Gasteiger charge is 1.94. The number of benzene rings is 1. The second kappa shape index (κ2) is 1.73. The van der Waals surface area contributed by atoms with Crippen LogP contribution < -0.4 is 0 Å². The molecule has 0 saturated carbocycles. The van der Waals surface area contributed by atoms with Gasteiger partial charge >= 0.3 is 0 Å². The van der Waals surface area contributed by atoms with E-state index < -0.39 is 0 Å². The Labute approximate surface area is 57.5 Å². The molecule has 1 heterocycles. The normalized spacial score (nSPS) is 10.4. The second-order valence-electron chi connectivity index (χ2n) is 2.11. The first-order valence-corrected chi connectivity index (χ1v) is 3.00. The van der Waals surface area contributed by atoms with Crippen molar-refractivity contribution in [1.82, 2.24) is 9.94 Å². The van der Waals surface area contributed by atoms with E-state index in [2.05, 4.69) is 5.10 Å². The number of nitrogens with zero attached hydrogens (tertiary/aromatic N) is 2. The minimum absolute atomic E-state index is 0.810. The maximum absolute atomic E-state index is 8.86. The Balaban J connectivity index is 2.88. The van der Waals surface area contributed by atoms with E-state index in [9.17, 15) is 0 Å². The molecule has 0 aliphatic carbocycles. The molecule has 1 aromatic heterocycles. The fourth-order valence-corrected chi connectivity index (χ4v) is 0.951. The minimum atomic E-state index is 0.810. The monoisotopic (exact) mass is 134 g/mol. The van der Waals surface area contributed by atoms with Crippen molar-refractivity contribution in [2.45, 2.75) is 0 Å². The Hall–Kier alpha value is -1.51. The summed E-state index contributed by atoms with van der Waals surface area (Å²) in [6.45, 7) is 0. The van der Waals surface area contributed by atoms with Gasteiger partial charge in [-0.1, -0.05) is 18.2 Å². The average Bonchev–Trinajstić information content (AvgIpc) is 2.27. The van der Waals surface area contributed by atoms with Gasteiger partial charge in [-0.2, -0.15) is 0 Å². The van der Waals surface area contributed by atoms with Crippen LogP contribution in [0.5, 0.6) is 0 Å². The Kier molecular flexibility index (Phi) is 0.917. The molecule has 50 valence electrons. The third kappa shape index (κ3) is 0.639. The Morgan fingerprint density at radius 3 is 2.90 bits per heavy atom. The Bertz CT molecular complexity index is 320. The van der Waals surface area contributed by atoms with E-state index in [1.54, 1.807) is 6.20 Å². The van der Waals surface area contributed by atoms with Gasteiger partial charge in [-0.3, -0.25) is 0 Å². The van der Waals surface area contributed by atoms with Gasteiger partial charge in [-0.25, -0.2) is 0 Å². The summed E-state index contributed by atoms with van der Waals surface area (Å²) in [6.07, 6.45) is 1.56. The molecule has 0 aliphatic rings. The van der Waals surface area contributed by atoms with E-state index in [1.807, 2.05) is 24.3 Å². The first-order chi connectivity index (χ1) is 4.86. The molecule has 0 unspecified atom stereocenters. The first kappa shape index (κ1) is 5.29. The zero-order valence-electron chi connectivity index (χ0n) is 5.23. The van der Waals surface area contributed by atoms with E-state index in [0.717, 1.165) is 15.7 Å². The molecule has 0 spiro atoms. The molecule has 0 aliphatic heterocycles. The molecule has 0 saturated heterocycles. The van der Waals surface area contributed by atoms with Crippen LogP contribution >= 0.6 is 0 Å². The molecule has 2 rings (SSSR count). The van der Waals surface area contributed by atoms with Crippen LogP contribution in [0, 0.1) is 0 Å². The average molecular weight is 134 g/mol. The predicted molar refractivity (Wildman–Crippen MR) is 36.9 cm³/mol. The third-order valence-corrected chi connectivity index (χ3v) is 1.40. The lowest BCUT2D eigenvalue weighted by molar-refractivity contribution is 0.151. The van der Waals surface area contributed by atoms with Crippen molar-refractivity contribution in [2.75, 3.05) is 0 Å². The number of aromatic nitrogens is 2. The molecule has 0 amide bonds. The third-order valence-electron chi connectivity index (χ3n) is 1.40. The van der Waals surface area contributed by atoms with Gasteiger partial charge in [-0.05, 0) is 6.07 Å². The van der Waals surface area contributed by atoms with Crippen molar-refractivity contribution in [2.24, 2.45) is 0 Å². The molecule has 1 N–H and O–H groups in total. The van der Waals surface area contributed by atoms with Crippen molar-refractivity contribution in [3.63, 3.8) is 0 Å². The summed E-state index contributed by atoms with van der Waals surface area (Å²) in [5.41, 5.74) is 0.810. The zero-order valence-corrected chi connectivity index (χ0v) is 5.23. The topological polar surface area (TPSA) is 38.0 Å². The molecule has 0 fully saturated rings. The lowest BCUT2D eigenvalue weighted by Gasteiger charge is -1.80. The van der Waals surface area contributed by atoms with Crippen molar-refractivity contribution in [3.05, 3.63) is 30.5 Å². The van der Waals surface area contributed by atoms with Crippen LogP contribution in [0.25, 0.3) is 10.9 Å². The molecular weight excluding hydrogens is 128 g/mol. The fourth-order valence-electron chi connectivity index (χ4n) is 0.951. The summed E-state index contributed by atoms with van der Waals surface area (Å²) in [5.74, 6) is 0. The van der Waals surface area contributed by atoms with Gasteiger partial charge in [0.1, 0.15) is 0 Å². The smallest absolute Gasteiger partial charge is 0.0959 e. The summed E-state index contributed by atoms with van der Waals surface area (Å²) in [6, 6.07) is 7.54. The van der Waals surface area contributed by atoms with E-state index >= 15 is 0 Å². The van der Waals surface area contributed by atoms with E-state index in [4.69, 9.17) is 5.21 Å². The molecule has 0 atom stereocenters. The van der Waals surface area contributed by atoms with Gasteiger partial charge in [0.05, 0.1) is 11.7 Å². The molecule has 3 heteroatoms. The summed E-state index contributed by atoms with van der Waals surface area (Å²) in [7, 11) is 0. The number of hydrogen-bond donors (Lipinski definition) is 1. The van der Waals surface area contributed by atoms with E-state index in [1.165, 1.54) is 0 Å². The van der Waals surface area contributed by atoms with Gasteiger partial charge in [0.2, 0.25) is 0 Å². The lowest BCUT2D eigenvalue weighted by atomic mass is 10.3. The van der Waals surface area contributed by atoms with Gasteiger partial charge in [0.15, 0.2) is 0 Å². The van der Waals surface area contributed by atoms with Crippen LogP contribution in [0.3, 0.4) is 0 Å². The molecule has 3 nitrogen and oxygen atoms in total. The molecular formula is C7H6N2O. The van der Waals surface area contributed by atoms with E-state index in [0.29, 0.717) is 0 Å². The molecule has 0 radical (unpaired) electrons. The molecule has 0 bridgehead atoms. The van der Waals surface area contributed by atoms with Crippen LogP contribution in [0.4, 0.5) is 0 Å². The van der Waals surface area contributed by atoms with Gasteiger partial charge in [-0.15, -0.1) is 9.94 Å². The van der Waals surface area contributed by atoms with Crippen molar-refractivity contribution >= 4 is 10.9 Å². The SMILES string of the molecule is On1cc2ccccc2n1. The minimum Gasteiger partial charge on any atom is -0.412 e. The maximum Gasteiger partial charge on any atom is 0.0959 e. The Morgan fingerprint density at radius 1 is 1.30 bits per heavy atom. The number of fused-ring (bicyclic) bond motifs is 1. The van der Waals surface area contributed by atoms with Gasteiger partial charge in [0, 0.05) is 5.39 Å². The highest BCUT2D eigenvalue weighted by molar-refractivity contribution is 5.77. The van der Waals surface area contributed by atoms with Crippen LogP contribution in [0.2, 0.25) is 0 Å². The lowest BCUT2D eigenvalue weighted by Crippen LogP contribution is -1.86. The maximum atomic E-state index is 8.86. The largest absolute Gasteiger partial charge is 0.412 e. The Morgan fingerprint density at radius 2 is 2.10 bits per heavy atom. The van der Waals surface area contributed by atoms with Crippen molar-refractivity contribution < 1.29 is 5.21 Å². The summed E-state index contributed by atoms with van der Waals surface area (Å²) in [5, 5.41) is 13.6. The first-order valence-electron chi connectivity index (χ1n) is 3.00. The predicted octanol–water partition coefficient (Wildman–Crippen LogP) is 1.27. The van der Waals surface area contributed by atoms with E-state index in [-0.39, 0.29) is 0 Å². The molecule has 10 heavy (non-hydrogen) atoms. The van der Waals surface area contributed by atoms with Crippen LogP contribution in [-0.2, 0) is 0 Å². The van der Waals surface area contributed by atoms with Crippen molar-refractivity contribution in [1.29, 1.82) is 0 Å². The fraction of sp³-hybridized carbons (Fsp3) is 0. The molecule has 1 aromatic carbocycles. The summed E-state index contributed by atoms with van der Waals surface area (Å²) >= 11 is 0. The second-order valence-corrected chi connectivity index (χ2v) is 2.11. The van der Waals surface area contributed by atoms with Crippen LogP contribution in [0.15, 0.2) is 30.5 Å². The highest BCUT2D eigenvalue weighted by atomic mass is 16.5. The summed E-state index contributed by atoms with van der Waals surface area (Å²) < 4.78 is 0. The number of rotatable bonds is 0. The van der Waals surface area contributed by atoms with Crippen molar-refractivity contribution in [3.8, 4) is 0 Å². The highest BCUT2D eigenvalue weighted by Crippen LogP contribution is 2.08.